The number of hydrogen-bond acceptors (Lipinski definition) is 5. The molecule has 0 saturated carbocycles. The fourth-order valence-corrected chi connectivity index (χ4v) is 2.83. The molecule has 1 unspecified atom stereocenters. The number of nitrogens with zero attached hydrogens (tertiary/aromatic N) is 1. The molecule has 1 aliphatic rings. The molecule has 118 valence electrons. The summed E-state index contributed by atoms with van der Waals surface area (Å²) in [4.78, 5) is 15.3. The van der Waals surface area contributed by atoms with E-state index in [2.05, 4.69) is 10.3 Å². The number of ether oxygens (including phenoxy) is 1. The minimum absolute atomic E-state index is 0.0424. The Balaban J connectivity index is 1.84. The van der Waals surface area contributed by atoms with Crippen LogP contribution in [0, 0.1) is 5.92 Å². The second-order valence-corrected chi connectivity index (χ2v) is 5.76. The molecule has 1 aliphatic heterocycles. The van der Waals surface area contributed by atoms with Gasteiger partial charge in [-0.05, 0) is 18.8 Å². The van der Waals surface area contributed by atoms with Crippen molar-refractivity contribution in [3.05, 3.63) is 16.1 Å². The summed E-state index contributed by atoms with van der Waals surface area (Å²) in [5, 5.41) is 3.67. The summed E-state index contributed by atoms with van der Waals surface area (Å²) in [7, 11) is 0. The zero-order valence-corrected chi connectivity index (χ0v) is 12.0. The highest BCUT2D eigenvalue weighted by atomic mass is 32.1. The van der Waals surface area contributed by atoms with Crippen molar-refractivity contribution < 1.29 is 22.7 Å². The van der Waals surface area contributed by atoms with Crippen molar-refractivity contribution in [2.45, 2.75) is 31.6 Å². The van der Waals surface area contributed by atoms with Gasteiger partial charge in [0, 0.05) is 18.6 Å². The summed E-state index contributed by atoms with van der Waals surface area (Å²) in [5.74, 6) is -0.327. The lowest BCUT2D eigenvalue weighted by Gasteiger charge is -2.26. The summed E-state index contributed by atoms with van der Waals surface area (Å²) in [6.07, 6.45) is -3.04. The van der Waals surface area contributed by atoms with Gasteiger partial charge in [0.25, 0.3) is 0 Å². The highest BCUT2D eigenvalue weighted by molar-refractivity contribution is 7.09. The molecule has 3 N–H and O–H groups in total. The van der Waals surface area contributed by atoms with Crippen molar-refractivity contribution in [2.75, 3.05) is 13.2 Å². The maximum Gasteiger partial charge on any atom is 0.434 e. The number of alkyl halides is 3. The van der Waals surface area contributed by atoms with E-state index in [1.54, 1.807) is 0 Å². The van der Waals surface area contributed by atoms with Gasteiger partial charge in [0.2, 0.25) is 5.91 Å². The van der Waals surface area contributed by atoms with Crippen LogP contribution in [-0.2, 0) is 22.3 Å². The van der Waals surface area contributed by atoms with Gasteiger partial charge in [-0.3, -0.25) is 4.79 Å². The lowest BCUT2D eigenvalue weighted by Crippen LogP contribution is -2.46. The summed E-state index contributed by atoms with van der Waals surface area (Å²) in [5.41, 5.74) is 4.93. The first-order valence-corrected chi connectivity index (χ1v) is 7.38. The van der Waals surface area contributed by atoms with E-state index in [1.165, 1.54) is 0 Å². The van der Waals surface area contributed by atoms with Gasteiger partial charge >= 0.3 is 6.18 Å². The van der Waals surface area contributed by atoms with Crippen LogP contribution < -0.4 is 11.1 Å². The lowest BCUT2D eigenvalue weighted by molar-refractivity contribution is -0.140. The van der Waals surface area contributed by atoms with Gasteiger partial charge < -0.3 is 15.8 Å². The number of aromatic nitrogens is 1. The maximum absolute atomic E-state index is 12.4. The van der Waals surface area contributed by atoms with Crippen LogP contribution in [0.1, 0.15) is 23.5 Å². The van der Waals surface area contributed by atoms with E-state index in [0.29, 0.717) is 26.1 Å². The fourth-order valence-electron chi connectivity index (χ4n) is 2.09. The fraction of sp³-hybridized carbons (Fsp3) is 0.667. The maximum atomic E-state index is 12.4. The number of halogens is 3. The van der Waals surface area contributed by atoms with Crippen LogP contribution in [0.5, 0.6) is 0 Å². The SMILES string of the molecule is NC(C(=O)NCc1nc(C(F)(F)F)cs1)C1CCOCC1. The van der Waals surface area contributed by atoms with E-state index in [1.807, 2.05) is 0 Å². The van der Waals surface area contributed by atoms with E-state index in [0.717, 1.165) is 16.7 Å². The molecule has 0 aromatic carbocycles. The van der Waals surface area contributed by atoms with Crippen molar-refractivity contribution in [1.82, 2.24) is 10.3 Å². The van der Waals surface area contributed by atoms with Crippen LogP contribution in [0.4, 0.5) is 13.2 Å². The summed E-state index contributed by atoms with van der Waals surface area (Å²) < 4.78 is 42.4. The normalized spacial score (nSPS) is 18.5. The first-order valence-electron chi connectivity index (χ1n) is 6.50. The van der Waals surface area contributed by atoms with Crippen LogP contribution >= 0.6 is 11.3 Å². The van der Waals surface area contributed by atoms with Crippen molar-refractivity contribution in [3.8, 4) is 0 Å². The van der Waals surface area contributed by atoms with Gasteiger partial charge in [-0.25, -0.2) is 4.98 Å². The topological polar surface area (TPSA) is 77.2 Å². The molecule has 21 heavy (non-hydrogen) atoms. The standard InChI is InChI=1S/C12H16F3N3O2S/c13-12(14,15)8-6-21-9(18-8)5-17-11(19)10(16)7-1-3-20-4-2-7/h6-7,10H,1-5,16H2,(H,17,19). The largest absolute Gasteiger partial charge is 0.434 e. The third-order valence-electron chi connectivity index (χ3n) is 3.33. The Labute approximate surface area is 123 Å². The molecular formula is C12H16F3N3O2S. The van der Waals surface area contributed by atoms with Gasteiger partial charge in [-0.1, -0.05) is 0 Å². The third-order valence-corrected chi connectivity index (χ3v) is 4.18. The molecule has 1 aromatic heterocycles. The highest BCUT2D eigenvalue weighted by Crippen LogP contribution is 2.29. The zero-order chi connectivity index (χ0) is 15.5. The number of carbonyl (C=O) groups excluding carboxylic acids is 1. The molecule has 1 atom stereocenters. The first kappa shape index (κ1) is 16.2. The second-order valence-electron chi connectivity index (χ2n) is 4.82. The van der Waals surface area contributed by atoms with Crippen LogP contribution in [0.25, 0.3) is 0 Å². The van der Waals surface area contributed by atoms with Crippen LogP contribution in [0.3, 0.4) is 0 Å². The van der Waals surface area contributed by atoms with Crippen molar-refractivity contribution in [1.29, 1.82) is 0 Å². The van der Waals surface area contributed by atoms with Crippen LogP contribution in [0.2, 0.25) is 0 Å². The number of amides is 1. The Kier molecular flexibility index (Phi) is 5.17. The van der Waals surface area contributed by atoms with E-state index < -0.39 is 17.9 Å². The third kappa shape index (κ3) is 4.39. The summed E-state index contributed by atoms with van der Waals surface area (Å²) >= 11 is 0.859. The zero-order valence-electron chi connectivity index (χ0n) is 11.2. The van der Waals surface area contributed by atoms with E-state index in [4.69, 9.17) is 10.5 Å². The molecule has 0 bridgehead atoms. The monoisotopic (exact) mass is 323 g/mol. The van der Waals surface area contributed by atoms with E-state index >= 15 is 0 Å². The van der Waals surface area contributed by atoms with Gasteiger partial charge in [-0.2, -0.15) is 13.2 Å². The predicted octanol–water partition coefficient (Wildman–Crippen LogP) is 1.53. The van der Waals surface area contributed by atoms with Crippen molar-refractivity contribution in [3.63, 3.8) is 0 Å². The van der Waals surface area contributed by atoms with Gasteiger partial charge in [0.05, 0.1) is 12.6 Å². The minimum Gasteiger partial charge on any atom is -0.381 e. The van der Waals surface area contributed by atoms with Gasteiger partial charge in [0.1, 0.15) is 5.01 Å². The lowest BCUT2D eigenvalue weighted by atomic mass is 9.92. The first-order chi connectivity index (χ1) is 9.88. The molecule has 1 saturated heterocycles. The van der Waals surface area contributed by atoms with Crippen LogP contribution in [0.15, 0.2) is 5.38 Å². The molecule has 1 amide bonds. The Hall–Kier alpha value is -1.19. The van der Waals surface area contributed by atoms with Gasteiger partial charge in [-0.15, -0.1) is 11.3 Å². The average molecular weight is 323 g/mol. The van der Waals surface area contributed by atoms with Crippen molar-refractivity contribution >= 4 is 17.2 Å². The Bertz CT molecular complexity index is 486. The Morgan fingerprint density at radius 2 is 2.19 bits per heavy atom. The number of carbonyl (C=O) groups is 1. The Morgan fingerprint density at radius 1 is 1.52 bits per heavy atom. The highest BCUT2D eigenvalue weighted by Gasteiger charge is 2.33. The molecule has 5 nitrogen and oxygen atoms in total. The van der Waals surface area contributed by atoms with E-state index in [9.17, 15) is 18.0 Å². The predicted molar refractivity (Wildman–Crippen MR) is 70.5 cm³/mol. The van der Waals surface area contributed by atoms with E-state index in [-0.39, 0.29) is 23.4 Å². The molecule has 2 rings (SSSR count). The molecule has 0 radical (unpaired) electrons. The van der Waals surface area contributed by atoms with Crippen molar-refractivity contribution in [2.24, 2.45) is 11.7 Å². The molecule has 9 heteroatoms. The molecular weight excluding hydrogens is 307 g/mol. The molecule has 1 fully saturated rings. The van der Waals surface area contributed by atoms with Crippen LogP contribution in [-0.4, -0.2) is 30.1 Å². The second kappa shape index (κ2) is 6.71. The minimum atomic E-state index is -4.46. The number of nitrogens with two attached hydrogens (primary N) is 1. The molecule has 0 aliphatic carbocycles. The average Bonchev–Trinajstić information content (AvgIpc) is 2.94. The number of hydrogen-bond donors (Lipinski definition) is 2. The summed E-state index contributed by atoms with van der Waals surface area (Å²) in [6.45, 7) is 1.11. The quantitative estimate of drug-likeness (QED) is 0.881. The van der Waals surface area contributed by atoms with Gasteiger partial charge in [0.15, 0.2) is 5.69 Å². The molecule has 1 aromatic rings. The summed E-state index contributed by atoms with van der Waals surface area (Å²) in [6, 6.07) is -0.670. The Morgan fingerprint density at radius 3 is 2.76 bits per heavy atom. The number of nitrogens with one attached hydrogen (secondary N) is 1. The number of rotatable bonds is 4. The number of thiazole rings is 1. The molecule has 0 spiro atoms. The smallest absolute Gasteiger partial charge is 0.381 e. The molecule has 2 heterocycles.